The Balaban J connectivity index is 2.15. The van der Waals surface area contributed by atoms with E-state index < -0.39 is 23.7 Å². The molecule has 0 saturated heterocycles. The summed E-state index contributed by atoms with van der Waals surface area (Å²) in [7, 11) is 2.87. The van der Waals surface area contributed by atoms with Gasteiger partial charge in [-0.1, -0.05) is 36.4 Å². The number of methoxy groups -OCH3 is 2. The summed E-state index contributed by atoms with van der Waals surface area (Å²) in [4.78, 5) is 27.6. The maximum absolute atomic E-state index is 13.3. The molecule has 1 amide bonds. The first kappa shape index (κ1) is 22.2. The van der Waals surface area contributed by atoms with Gasteiger partial charge in [-0.15, -0.1) is 0 Å². The molecule has 3 aromatic rings. The smallest absolute Gasteiger partial charge is 0.415 e. The van der Waals surface area contributed by atoms with Crippen molar-refractivity contribution in [2.45, 2.75) is 32.4 Å². The van der Waals surface area contributed by atoms with Crippen molar-refractivity contribution in [1.82, 2.24) is 0 Å². The van der Waals surface area contributed by atoms with Crippen molar-refractivity contribution in [3.8, 4) is 5.75 Å². The highest BCUT2D eigenvalue weighted by atomic mass is 16.6. The molecule has 31 heavy (non-hydrogen) atoms. The quantitative estimate of drug-likeness (QED) is 0.509. The van der Waals surface area contributed by atoms with Gasteiger partial charge >= 0.3 is 12.1 Å². The summed E-state index contributed by atoms with van der Waals surface area (Å²) in [5.41, 5.74) is 0.358. The number of anilines is 1. The lowest BCUT2D eigenvalue weighted by Crippen LogP contribution is -2.42. The molecule has 0 radical (unpaired) electrons. The van der Waals surface area contributed by atoms with Crippen LogP contribution in [0.5, 0.6) is 5.75 Å². The topological polar surface area (TPSA) is 65.1 Å². The Morgan fingerprint density at radius 3 is 2.10 bits per heavy atom. The number of hydrogen-bond donors (Lipinski definition) is 0. The van der Waals surface area contributed by atoms with E-state index in [1.54, 1.807) is 52.1 Å². The molecule has 0 saturated carbocycles. The van der Waals surface area contributed by atoms with Crippen LogP contribution in [0.3, 0.4) is 0 Å². The van der Waals surface area contributed by atoms with Gasteiger partial charge in [0.2, 0.25) is 0 Å². The Kier molecular flexibility index (Phi) is 6.49. The minimum Gasteiger partial charge on any atom is -0.497 e. The van der Waals surface area contributed by atoms with Crippen LogP contribution >= 0.6 is 0 Å². The predicted molar refractivity (Wildman–Crippen MR) is 120 cm³/mol. The summed E-state index contributed by atoms with van der Waals surface area (Å²) in [6, 6.07) is 19.3. The third-order valence-electron chi connectivity index (χ3n) is 4.71. The van der Waals surface area contributed by atoms with Crippen molar-refractivity contribution >= 4 is 28.5 Å². The zero-order valence-electron chi connectivity index (χ0n) is 18.4. The van der Waals surface area contributed by atoms with Gasteiger partial charge in [-0.25, -0.2) is 9.59 Å². The molecule has 0 aliphatic carbocycles. The van der Waals surface area contributed by atoms with Crippen molar-refractivity contribution in [3.63, 3.8) is 0 Å². The Morgan fingerprint density at radius 1 is 0.871 bits per heavy atom. The third-order valence-corrected chi connectivity index (χ3v) is 4.71. The first-order chi connectivity index (χ1) is 14.7. The molecule has 0 heterocycles. The minimum atomic E-state index is -1.03. The Morgan fingerprint density at radius 2 is 1.52 bits per heavy atom. The number of nitrogens with zero attached hydrogens (tertiary/aromatic N) is 1. The number of benzene rings is 3. The molecule has 0 unspecified atom stereocenters. The van der Waals surface area contributed by atoms with Crippen molar-refractivity contribution in [1.29, 1.82) is 0 Å². The van der Waals surface area contributed by atoms with Crippen LogP contribution in [0.15, 0.2) is 66.7 Å². The highest BCUT2D eigenvalue weighted by Crippen LogP contribution is 2.33. The second-order valence-corrected chi connectivity index (χ2v) is 8.08. The number of rotatable bonds is 5. The van der Waals surface area contributed by atoms with E-state index in [1.807, 2.05) is 42.5 Å². The number of esters is 1. The lowest BCUT2D eigenvalue weighted by molar-refractivity contribution is -0.142. The second-order valence-electron chi connectivity index (χ2n) is 8.08. The number of amides is 1. The van der Waals surface area contributed by atoms with E-state index in [4.69, 9.17) is 14.2 Å². The van der Waals surface area contributed by atoms with Gasteiger partial charge in [0.15, 0.2) is 6.04 Å². The summed E-state index contributed by atoms with van der Waals surface area (Å²) >= 11 is 0. The average molecular weight is 421 g/mol. The number of carbonyl (C=O) groups is 2. The molecule has 0 N–H and O–H groups in total. The molecule has 6 nitrogen and oxygen atoms in total. The third kappa shape index (κ3) is 5.15. The first-order valence-corrected chi connectivity index (χ1v) is 9.96. The van der Waals surface area contributed by atoms with Gasteiger partial charge in [-0.2, -0.15) is 0 Å². The van der Waals surface area contributed by atoms with Crippen LogP contribution in [0.4, 0.5) is 10.5 Å². The zero-order valence-corrected chi connectivity index (χ0v) is 18.4. The van der Waals surface area contributed by atoms with Gasteiger partial charge in [0.1, 0.15) is 11.4 Å². The van der Waals surface area contributed by atoms with Gasteiger partial charge in [0.05, 0.1) is 14.2 Å². The fraction of sp³-hybridized carbons (Fsp3) is 0.280. The summed E-state index contributed by atoms with van der Waals surface area (Å²) in [5.74, 6) is 0.0603. The second kappa shape index (κ2) is 9.08. The monoisotopic (exact) mass is 421 g/mol. The normalized spacial score (nSPS) is 12.2. The molecular formula is C25H27NO5. The molecule has 162 valence electrons. The average Bonchev–Trinajstić information content (AvgIpc) is 2.75. The van der Waals surface area contributed by atoms with Gasteiger partial charge in [0.25, 0.3) is 0 Å². The molecule has 0 fully saturated rings. The highest BCUT2D eigenvalue weighted by molar-refractivity contribution is 5.97. The van der Waals surface area contributed by atoms with E-state index in [-0.39, 0.29) is 0 Å². The molecular weight excluding hydrogens is 394 g/mol. The van der Waals surface area contributed by atoms with Crippen LogP contribution < -0.4 is 9.64 Å². The molecule has 0 aliphatic rings. The van der Waals surface area contributed by atoms with E-state index in [9.17, 15) is 9.59 Å². The molecule has 3 aromatic carbocycles. The minimum absolute atomic E-state index is 0.485. The number of fused-ring (bicyclic) bond motifs is 1. The molecule has 1 atom stereocenters. The Bertz CT molecular complexity index is 1070. The number of hydrogen-bond acceptors (Lipinski definition) is 5. The summed E-state index contributed by atoms with van der Waals surface area (Å²) in [6.45, 7) is 5.33. The molecule has 6 heteroatoms. The van der Waals surface area contributed by atoms with Gasteiger partial charge in [0, 0.05) is 5.69 Å². The summed E-state index contributed by atoms with van der Waals surface area (Å²) in [5, 5.41) is 1.98. The molecule has 3 rings (SSSR count). The van der Waals surface area contributed by atoms with Gasteiger partial charge in [-0.3, -0.25) is 4.90 Å². The fourth-order valence-corrected chi connectivity index (χ4v) is 3.29. The lowest BCUT2D eigenvalue weighted by Gasteiger charge is -2.32. The van der Waals surface area contributed by atoms with E-state index >= 15 is 0 Å². The van der Waals surface area contributed by atoms with Crippen LogP contribution in [0, 0.1) is 0 Å². The predicted octanol–water partition coefficient (Wildman–Crippen LogP) is 5.50. The van der Waals surface area contributed by atoms with Crippen molar-refractivity contribution < 1.29 is 23.8 Å². The molecule has 0 aromatic heterocycles. The first-order valence-electron chi connectivity index (χ1n) is 9.96. The Hall–Kier alpha value is -3.54. The lowest BCUT2D eigenvalue weighted by atomic mass is 10.00. The fourth-order valence-electron chi connectivity index (χ4n) is 3.29. The molecule has 0 spiro atoms. The van der Waals surface area contributed by atoms with Crippen LogP contribution in [0.25, 0.3) is 10.8 Å². The number of ether oxygens (including phenoxy) is 3. The van der Waals surface area contributed by atoms with Crippen molar-refractivity contribution in [2.75, 3.05) is 19.1 Å². The zero-order chi connectivity index (χ0) is 22.6. The number of carbonyl (C=O) groups excluding carboxylic acids is 2. The molecule has 0 bridgehead atoms. The SMILES string of the molecule is COC(=O)[C@H](c1ccc2ccccc2c1)N(C(=O)OC(C)(C)C)c1ccc(OC)cc1. The maximum atomic E-state index is 13.3. The van der Waals surface area contributed by atoms with Crippen molar-refractivity contribution in [2.24, 2.45) is 0 Å². The summed E-state index contributed by atoms with van der Waals surface area (Å²) < 4.78 is 16.0. The van der Waals surface area contributed by atoms with E-state index in [0.717, 1.165) is 10.8 Å². The maximum Gasteiger partial charge on any atom is 0.415 e. The summed E-state index contributed by atoms with van der Waals surface area (Å²) in [6.07, 6.45) is -0.652. The van der Waals surface area contributed by atoms with Crippen LogP contribution in [-0.4, -0.2) is 31.9 Å². The van der Waals surface area contributed by atoms with Crippen LogP contribution in [0.1, 0.15) is 32.4 Å². The van der Waals surface area contributed by atoms with Gasteiger partial charge in [-0.05, 0) is 67.4 Å². The van der Waals surface area contributed by atoms with Crippen molar-refractivity contribution in [3.05, 3.63) is 72.3 Å². The molecule has 0 aliphatic heterocycles. The van der Waals surface area contributed by atoms with E-state index in [0.29, 0.717) is 17.0 Å². The standard InChI is InChI=1S/C25H27NO5/c1-25(2,3)31-24(28)26(20-12-14-21(29-4)15-13-20)22(23(27)30-5)19-11-10-17-8-6-7-9-18(17)16-19/h6-16,22H,1-5H3/t22-/m0/s1. The largest absolute Gasteiger partial charge is 0.497 e. The van der Waals surface area contributed by atoms with E-state index in [1.165, 1.54) is 12.0 Å². The van der Waals surface area contributed by atoms with Crippen LogP contribution in [-0.2, 0) is 14.3 Å². The highest BCUT2D eigenvalue weighted by Gasteiger charge is 2.36. The van der Waals surface area contributed by atoms with E-state index in [2.05, 4.69) is 0 Å². The Labute approximate surface area is 182 Å². The van der Waals surface area contributed by atoms with Crippen LogP contribution in [0.2, 0.25) is 0 Å². The van der Waals surface area contributed by atoms with Gasteiger partial charge < -0.3 is 14.2 Å².